The van der Waals surface area contributed by atoms with E-state index in [1.54, 1.807) is 0 Å². The Kier molecular flexibility index (Phi) is 1.09. The van der Waals surface area contributed by atoms with E-state index in [1.165, 1.54) is 25.2 Å². The maximum Gasteiger partial charge on any atom is 0.0366 e. The number of aliphatic imine (C=N–C) groups is 1. The van der Waals surface area contributed by atoms with Crippen molar-refractivity contribution in [2.75, 3.05) is 26.7 Å². The fourth-order valence-electron chi connectivity index (χ4n) is 1.86. The summed E-state index contributed by atoms with van der Waals surface area (Å²) in [5.74, 6) is 0.829. The van der Waals surface area contributed by atoms with Gasteiger partial charge in [0.25, 0.3) is 0 Å². The van der Waals surface area contributed by atoms with E-state index in [0.717, 1.165) is 12.5 Å². The largest absolute Gasteiger partial charge is 0.297 e. The lowest BCUT2D eigenvalue weighted by Crippen LogP contribution is -2.23. The first kappa shape index (κ1) is 5.42. The fourth-order valence-corrected chi connectivity index (χ4v) is 1.86. The lowest BCUT2D eigenvalue weighted by Gasteiger charge is -2.12. The van der Waals surface area contributed by atoms with Crippen LogP contribution in [0.1, 0.15) is 6.42 Å². The molecular weight excluding hydrogens is 112 g/mol. The number of piperidine rings is 1. The molecule has 0 saturated carbocycles. The molecule has 2 aliphatic rings. The van der Waals surface area contributed by atoms with Crippen molar-refractivity contribution < 1.29 is 0 Å². The van der Waals surface area contributed by atoms with Crippen LogP contribution in [0.4, 0.5) is 0 Å². The van der Waals surface area contributed by atoms with E-state index in [0.29, 0.717) is 0 Å². The van der Waals surface area contributed by atoms with Crippen LogP contribution in [0.15, 0.2) is 4.99 Å². The molecular formula is C7H12N2. The molecule has 0 aromatic rings. The highest BCUT2D eigenvalue weighted by Crippen LogP contribution is 2.24. The maximum atomic E-state index is 4.25. The van der Waals surface area contributed by atoms with E-state index >= 15 is 0 Å². The highest BCUT2D eigenvalue weighted by atomic mass is 15.2. The van der Waals surface area contributed by atoms with E-state index in [2.05, 4.69) is 9.89 Å². The number of hydrogen-bond acceptors (Lipinski definition) is 2. The van der Waals surface area contributed by atoms with Gasteiger partial charge in [0.05, 0.1) is 0 Å². The van der Waals surface area contributed by atoms with Crippen LogP contribution < -0.4 is 0 Å². The van der Waals surface area contributed by atoms with Crippen LogP contribution >= 0.6 is 0 Å². The SMILES string of the molecule is CN=C1CN2CCC1C2. The van der Waals surface area contributed by atoms with Crippen LogP contribution in [0, 0.1) is 5.92 Å². The second-order valence-corrected chi connectivity index (χ2v) is 2.94. The average Bonchev–Trinajstić information content (AvgIpc) is 2.45. The molecule has 0 amide bonds. The Morgan fingerprint density at radius 3 is 2.89 bits per heavy atom. The molecule has 2 fully saturated rings. The zero-order valence-corrected chi connectivity index (χ0v) is 5.80. The van der Waals surface area contributed by atoms with Crippen LogP contribution in [0.3, 0.4) is 0 Å². The predicted molar refractivity (Wildman–Crippen MR) is 37.9 cm³/mol. The Bertz CT molecular complexity index is 151. The molecule has 0 N–H and O–H groups in total. The van der Waals surface area contributed by atoms with Gasteiger partial charge >= 0.3 is 0 Å². The van der Waals surface area contributed by atoms with Crippen molar-refractivity contribution >= 4 is 5.71 Å². The lowest BCUT2D eigenvalue weighted by atomic mass is 10.0. The van der Waals surface area contributed by atoms with Crippen LogP contribution in [-0.2, 0) is 0 Å². The lowest BCUT2D eigenvalue weighted by molar-refractivity contribution is 0.403. The van der Waals surface area contributed by atoms with E-state index in [-0.39, 0.29) is 0 Å². The van der Waals surface area contributed by atoms with Gasteiger partial charge in [-0.05, 0) is 13.0 Å². The summed E-state index contributed by atoms with van der Waals surface area (Å²) in [5, 5.41) is 0. The summed E-state index contributed by atoms with van der Waals surface area (Å²) in [4.78, 5) is 6.72. The third-order valence-corrected chi connectivity index (χ3v) is 2.42. The zero-order chi connectivity index (χ0) is 6.27. The summed E-state index contributed by atoms with van der Waals surface area (Å²) in [5.41, 5.74) is 1.43. The first-order chi connectivity index (χ1) is 4.40. The van der Waals surface area contributed by atoms with E-state index in [1.807, 2.05) is 7.05 Å². The second-order valence-electron chi connectivity index (χ2n) is 2.94. The molecule has 2 rings (SSSR count). The summed E-state index contributed by atoms with van der Waals surface area (Å²) in [6.07, 6.45) is 1.35. The molecule has 0 aromatic carbocycles. The van der Waals surface area contributed by atoms with Gasteiger partial charge in [-0.1, -0.05) is 0 Å². The molecule has 2 saturated heterocycles. The summed E-state index contributed by atoms with van der Waals surface area (Å²) in [7, 11) is 1.91. The topological polar surface area (TPSA) is 15.6 Å². The average molecular weight is 124 g/mol. The Balaban J connectivity index is 2.18. The fraction of sp³-hybridized carbons (Fsp3) is 0.857. The van der Waals surface area contributed by atoms with E-state index in [9.17, 15) is 0 Å². The Morgan fingerprint density at radius 2 is 2.56 bits per heavy atom. The van der Waals surface area contributed by atoms with Crippen molar-refractivity contribution in [3.63, 3.8) is 0 Å². The van der Waals surface area contributed by atoms with Crippen LogP contribution in [0.25, 0.3) is 0 Å². The smallest absolute Gasteiger partial charge is 0.0366 e. The third-order valence-electron chi connectivity index (χ3n) is 2.42. The minimum absolute atomic E-state index is 0.829. The zero-order valence-electron chi connectivity index (χ0n) is 5.80. The predicted octanol–water partition coefficient (Wildman–Crippen LogP) is 0.393. The summed E-state index contributed by atoms with van der Waals surface area (Å²) < 4.78 is 0. The van der Waals surface area contributed by atoms with Gasteiger partial charge < -0.3 is 0 Å². The van der Waals surface area contributed by atoms with Crippen molar-refractivity contribution in [1.29, 1.82) is 0 Å². The minimum atomic E-state index is 0.829. The molecule has 0 radical (unpaired) electrons. The molecule has 2 heteroatoms. The Labute approximate surface area is 55.6 Å². The quantitative estimate of drug-likeness (QED) is 0.456. The van der Waals surface area contributed by atoms with Crippen molar-refractivity contribution in [2.45, 2.75) is 6.42 Å². The molecule has 2 heterocycles. The van der Waals surface area contributed by atoms with Gasteiger partial charge in [-0.25, -0.2) is 0 Å². The first-order valence-corrected chi connectivity index (χ1v) is 3.58. The molecule has 2 unspecified atom stereocenters. The number of nitrogens with zero attached hydrogens (tertiary/aromatic N) is 2. The first-order valence-electron chi connectivity index (χ1n) is 3.58. The van der Waals surface area contributed by atoms with Crippen LogP contribution in [0.5, 0.6) is 0 Å². The van der Waals surface area contributed by atoms with Gasteiger partial charge in [-0.15, -0.1) is 0 Å². The normalized spacial score (nSPS) is 44.8. The maximum absolute atomic E-state index is 4.25. The van der Waals surface area contributed by atoms with Gasteiger partial charge in [-0.2, -0.15) is 0 Å². The number of hydrogen-bond donors (Lipinski definition) is 0. The van der Waals surface area contributed by atoms with E-state index in [4.69, 9.17) is 0 Å². The molecule has 2 bridgehead atoms. The molecule has 2 nitrogen and oxygen atoms in total. The van der Waals surface area contributed by atoms with Gasteiger partial charge in [-0.3, -0.25) is 9.89 Å². The van der Waals surface area contributed by atoms with Gasteiger partial charge in [0.1, 0.15) is 0 Å². The van der Waals surface area contributed by atoms with Crippen LogP contribution in [0.2, 0.25) is 0 Å². The molecule has 0 spiro atoms. The highest BCUT2D eigenvalue weighted by Gasteiger charge is 2.33. The van der Waals surface area contributed by atoms with Gasteiger partial charge in [0.2, 0.25) is 0 Å². The van der Waals surface area contributed by atoms with Crippen molar-refractivity contribution in [3.05, 3.63) is 0 Å². The summed E-state index contributed by atoms with van der Waals surface area (Å²) in [6.45, 7) is 3.75. The molecule has 2 aliphatic heterocycles. The summed E-state index contributed by atoms with van der Waals surface area (Å²) >= 11 is 0. The minimum Gasteiger partial charge on any atom is -0.297 e. The van der Waals surface area contributed by atoms with Crippen molar-refractivity contribution in [3.8, 4) is 0 Å². The third kappa shape index (κ3) is 0.697. The van der Waals surface area contributed by atoms with Crippen molar-refractivity contribution in [1.82, 2.24) is 4.90 Å². The number of fused-ring (bicyclic) bond motifs is 2. The van der Waals surface area contributed by atoms with Gasteiger partial charge in [0, 0.05) is 31.8 Å². The monoisotopic (exact) mass is 124 g/mol. The molecule has 0 aliphatic carbocycles. The number of rotatable bonds is 0. The summed E-state index contributed by atoms with van der Waals surface area (Å²) in [6, 6.07) is 0. The van der Waals surface area contributed by atoms with E-state index < -0.39 is 0 Å². The second kappa shape index (κ2) is 1.81. The molecule has 50 valence electrons. The Morgan fingerprint density at radius 1 is 1.67 bits per heavy atom. The van der Waals surface area contributed by atoms with Crippen LogP contribution in [-0.4, -0.2) is 37.3 Å². The standard InChI is InChI=1S/C7H12N2/c1-8-7-5-9-3-2-6(7)4-9/h6H,2-5H2,1H3. The Hall–Kier alpha value is -0.370. The van der Waals surface area contributed by atoms with Gasteiger partial charge in [0.15, 0.2) is 0 Å². The molecule has 9 heavy (non-hydrogen) atoms. The van der Waals surface area contributed by atoms with Crippen molar-refractivity contribution in [2.24, 2.45) is 10.9 Å². The molecule has 0 aromatic heterocycles. The molecule has 2 atom stereocenters. The highest BCUT2D eigenvalue weighted by molar-refractivity contribution is 5.91.